The molecule has 1 atom stereocenters. The smallest absolute Gasteiger partial charge is 0.255 e. The number of nitrogens with one attached hydrogen (secondary N) is 1. The van der Waals surface area contributed by atoms with Gasteiger partial charge in [-0.2, -0.15) is 0 Å². The van der Waals surface area contributed by atoms with Crippen molar-refractivity contribution in [3.63, 3.8) is 0 Å². The van der Waals surface area contributed by atoms with E-state index in [0.717, 1.165) is 68.4 Å². The Balaban J connectivity index is 1.55. The van der Waals surface area contributed by atoms with E-state index in [4.69, 9.17) is 21.6 Å². The van der Waals surface area contributed by atoms with Crippen LogP contribution >= 0.6 is 11.6 Å². The van der Waals surface area contributed by atoms with Crippen LogP contribution in [0.3, 0.4) is 0 Å². The Morgan fingerprint density at radius 3 is 2.38 bits per heavy atom. The summed E-state index contributed by atoms with van der Waals surface area (Å²) in [5, 5.41) is 3.79. The number of carbonyl (C=O) groups is 1. The lowest BCUT2D eigenvalue weighted by molar-refractivity contribution is 0.0936. The first-order chi connectivity index (χ1) is 17.9. The van der Waals surface area contributed by atoms with Gasteiger partial charge in [0.1, 0.15) is 5.82 Å². The average molecular weight is 521 g/mol. The fraction of sp³-hybridized carbons (Fsp3) is 0.433. The van der Waals surface area contributed by atoms with Gasteiger partial charge in [-0.1, -0.05) is 55.6 Å². The van der Waals surface area contributed by atoms with Crippen LogP contribution in [0.2, 0.25) is 5.02 Å². The van der Waals surface area contributed by atoms with Crippen LogP contribution in [0.1, 0.15) is 85.6 Å². The van der Waals surface area contributed by atoms with Crippen molar-refractivity contribution >= 4 is 23.5 Å². The second-order valence-electron chi connectivity index (χ2n) is 10.6. The van der Waals surface area contributed by atoms with E-state index in [-0.39, 0.29) is 23.2 Å². The number of aromatic nitrogens is 2. The highest BCUT2D eigenvalue weighted by molar-refractivity contribution is 6.30. The van der Waals surface area contributed by atoms with Crippen molar-refractivity contribution in [1.82, 2.24) is 15.3 Å². The number of benzene rings is 2. The van der Waals surface area contributed by atoms with Crippen molar-refractivity contribution in [1.29, 1.82) is 0 Å². The Hall–Kier alpha value is -2.99. The molecule has 2 aromatic carbocycles. The van der Waals surface area contributed by atoms with E-state index in [9.17, 15) is 9.18 Å². The van der Waals surface area contributed by atoms with E-state index in [1.807, 2.05) is 19.1 Å². The molecule has 1 N–H and O–H groups in total. The molecule has 3 aromatic rings. The van der Waals surface area contributed by atoms with Crippen LogP contribution in [0.4, 0.5) is 10.3 Å². The van der Waals surface area contributed by atoms with Crippen molar-refractivity contribution in [3.8, 4) is 0 Å². The minimum absolute atomic E-state index is 0.217. The van der Waals surface area contributed by atoms with Crippen LogP contribution in [0.25, 0.3) is 0 Å². The predicted molar refractivity (Wildman–Crippen MR) is 146 cm³/mol. The fourth-order valence-electron chi connectivity index (χ4n) is 5.78. The molecule has 2 heterocycles. The summed E-state index contributed by atoms with van der Waals surface area (Å²) in [6, 6.07) is 13.9. The van der Waals surface area contributed by atoms with Gasteiger partial charge in [0.15, 0.2) is 0 Å². The summed E-state index contributed by atoms with van der Waals surface area (Å²) in [6.45, 7) is 6.02. The zero-order valence-corrected chi connectivity index (χ0v) is 22.3. The molecule has 5 rings (SSSR count). The lowest BCUT2D eigenvalue weighted by atomic mass is 9.74. The van der Waals surface area contributed by atoms with Gasteiger partial charge in [-0.15, -0.1) is 0 Å². The summed E-state index contributed by atoms with van der Waals surface area (Å²) in [6.07, 6.45) is 7.88. The SMILES string of the molecule is CC1CCN(c2ncc(C(=O)NC(C)c3ccc(F)cc3)c(C3(c4ccc(Cl)cc4)CCCC3)n2)CC1. The summed E-state index contributed by atoms with van der Waals surface area (Å²) in [4.78, 5) is 25.8. The molecule has 0 radical (unpaired) electrons. The molecule has 37 heavy (non-hydrogen) atoms. The second-order valence-corrected chi connectivity index (χ2v) is 11.1. The maximum atomic E-state index is 13.7. The summed E-state index contributed by atoms with van der Waals surface area (Å²) >= 11 is 6.24. The number of hydrogen-bond donors (Lipinski definition) is 1. The molecule has 194 valence electrons. The molecular formula is C30H34ClFN4O. The van der Waals surface area contributed by atoms with Gasteiger partial charge in [0, 0.05) is 29.7 Å². The Morgan fingerprint density at radius 2 is 1.73 bits per heavy atom. The Labute approximate surface area is 223 Å². The first kappa shape index (κ1) is 25.7. The van der Waals surface area contributed by atoms with E-state index >= 15 is 0 Å². The third-order valence-electron chi connectivity index (χ3n) is 8.11. The monoisotopic (exact) mass is 520 g/mol. The predicted octanol–water partition coefficient (Wildman–Crippen LogP) is 6.86. The maximum Gasteiger partial charge on any atom is 0.255 e. The summed E-state index contributed by atoms with van der Waals surface area (Å²) < 4.78 is 13.4. The van der Waals surface area contributed by atoms with Crippen molar-refractivity contribution in [3.05, 3.63) is 88.0 Å². The third-order valence-corrected chi connectivity index (χ3v) is 8.36. The largest absolute Gasteiger partial charge is 0.345 e. The van der Waals surface area contributed by atoms with Crippen LogP contribution in [-0.2, 0) is 5.41 Å². The highest BCUT2D eigenvalue weighted by atomic mass is 35.5. The van der Waals surface area contributed by atoms with Gasteiger partial charge in [0.25, 0.3) is 5.91 Å². The van der Waals surface area contributed by atoms with E-state index in [1.54, 1.807) is 18.3 Å². The van der Waals surface area contributed by atoms with E-state index < -0.39 is 0 Å². The summed E-state index contributed by atoms with van der Waals surface area (Å²) in [5.74, 6) is 0.881. The van der Waals surface area contributed by atoms with Crippen molar-refractivity contribution in [2.75, 3.05) is 18.0 Å². The molecule has 2 aliphatic rings. The normalized spacial score (nSPS) is 18.5. The van der Waals surface area contributed by atoms with E-state index in [0.29, 0.717) is 22.5 Å². The molecule has 1 unspecified atom stereocenters. The molecule has 5 nitrogen and oxygen atoms in total. The van der Waals surface area contributed by atoms with Crippen LogP contribution in [0.15, 0.2) is 54.7 Å². The third kappa shape index (κ3) is 5.35. The van der Waals surface area contributed by atoms with Crippen molar-refractivity contribution < 1.29 is 9.18 Å². The number of anilines is 1. The van der Waals surface area contributed by atoms with Gasteiger partial charge < -0.3 is 10.2 Å². The zero-order chi connectivity index (χ0) is 26.0. The first-order valence-electron chi connectivity index (χ1n) is 13.3. The molecule has 2 fully saturated rings. The Morgan fingerprint density at radius 1 is 1.08 bits per heavy atom. The summed E-state index contributed by atoms with van der Waals surface area (Å²) in [5.41, 5.74) is 2.88. The minimum atomic E-state index is -0.378. The topological polar surface area (TPSA) is 58.1 Å². The number of piperidine rings is 1. The van der Waals surface area contributed by atoms with E-state index in [1.165, 1.54) is 12.1 Å². The van der Waals surface area contributed by atoms with Gasteiger partial charge in [-0.05, 0) is 73.9 Å². The lowest BCUT2D eigenvalue weighted by Crippen LogP contribution is -2.37. The molecule has 1 amide bonds. The highest BCUT2D eigenvalue weighted by Gasteiger charge is 2.42. The zero-order valence-electron chi connectivity index (χ0n) is 21.5. The van der Waals surface area contributed by atoms with E-state index in [2.05, 4.69) is 29.3 Å². The molecule has 7 heteroatoms. The Kier molecular flexibility index (Phi) is 7.47. The number of halogens is 2. The Bertz CT molecular complexity index is 1230. The van der Waals surface area contributed by atoms with Crippen LogP contribution < -0.4 is 10.2 Å². The van der Waals surface area contributed by atoms with Crippen LogP contribution in [0, 0.1) is 11.7 Å². The standard InChI is InChI=1S/C30H34ClFN4O/c1-20-13-17-36(18-14-20)29-33-19-26(28(37)34-21(2)22-5-11-25(32)12-6-22)27(35-29)30(15-3-4-16-30)23-7-9-24(31)10-8-23/h5-12,19-21H,3-4,13-18H2,1-2H3,(H,34,37). The van der Waals surface area contributed by atoms with Gasteiger partial charge >= 0.3 is 0 Å². The van der Waals surface area contributed by atoms with Crippen LogP contribution in [0.5, 0.6) is 0 Å². The van der Waals surface area contributed by atoms with Crippen LogP contribution in [-0.4, -0.2) is 29.0 Å². The summed E-state index contributed by atoms with van der Waals surface area (Å²) in [7, 11) is 0. The number of nitrogens with zero attached hydrogens (tertiary/aromatic N) is 3. The van der Waals surface area contributed by atoms with Crippen molar-refractivity contribution in [2.24, 2.45) is 5.92 Å². The molecule has 1 saturated carbocycles. The van der Waals surface area contributed by atoms with Gasteiger partial charge in [0.2, 0.25) is 5.95 Å². The van der Waals surface area contributed by atoms with Crippen molar-refractivity contribution in [2.45, 2.75) is 63.8 Å². The quantitative estimate of drug-likeness (QED) is 0.386. The average Bonchev–Trinajstić information content (AvgIpc) is 3.41. The molecule has 1 aromatic heterocycles. The van der Waals surface area contributed by atoms with Gasteiger partial charge in [0.05, 0.1) is 17.3 Å². The second kappa shape index (κ2) is 10.8. The number of carbonyl (C=O) groups excluding carboxylic acids is 1. The molecule has 0 spiro atoms. The highest BCUT2D eigenvalue weighted by Crippen LogP contribution is 2.47. The minimum Gasteiger partial charge on any atom is -0.345 e. The van der Waals surface area contributed by atoms with Gasteiger partial charge in [-0.3, -0.25) is 4.79 Å². The molecular weight excluding hydrogens is 487 g/mol. The maximum absolute atomic E-state index is 13.7. The number of hydrogen-bond acceptors (Lipinski definition) is 4. The lowest BCUT2D eigenvalue weighted by Gasteiger charge is -2.34. The number of amides is 1. The number of rotatable bonds is 6. The first-order valence-corrected chi connectivity index (χ1v) is 13.7. The molecule has 1 aliphatic heterocycles. The van der Waals surface area contributed by atoms with Gasteiger partial charge in [-0.25, -0.2) is 14.4 Å². The fourth-order valence-corrected chi connectivity index (χ4v) is 5.91. The molecule has 1 saturated heterocycles. The molecule has 0 bridgehead atoms. The molecule has 1 aliphatic carbocycles.